The van der Waals surface area contributed by atoms with Crippen molar-refractivity contribution < 1.29 is 9.53 Å². The highest BCUT2D eigenvalue weighted by Gasteiger charge is 2.46. The average Bonchev–Trinajstić information content (AvgIpc) is 2.62. The molecule has 0 aromatic carbocycles. The van der Waals surface area contributed by atoms with E-state index in [1.165, 1.54) is 18.4 Å². The summed E-state index contributed by atoms with van der Waals surface area (Å²) in [5.74, 6) is 0.0310. The van der Waals surface area contributed by atoms with Gasteiger partial charge in [0.25, 0.3) is 0 Å². The van der Waals surface area contributed by atoms with Crippen LogP contribution in [0.1, 0.15) is 45.4 Å². The van der Waals surface area contributed by atoms with Crippen LogP contribution in [0.5, 0.6) is 0 Å². The van der Waals surface area contributed by atoms with Crippen LogP contribution in [0.25, 0.3) is 0 Å². The number of hydrogen-bond donors (Lipinski definition) is 0. The highest BCUT2D eigenvalue weighted by molar-refractivity contribution is 5.81. The smallest absolute Gasteiger partial charge is 0.316 e. The minimum atomic E-state index is -0.200. The van der Waals surface area contributed by atoms with E-state index in [2.05, 4.69) is 6.08 Å². The van der Waals surface area contributed by atoms with E-state index < -0.39 is 0 Å². The van der Waals surface area contributed by atoms with Crippen molar-refractivity contribution in [3.05, 3.63) is 11.6 Å². The van der Waals surface area contributed by atoms with E-state index in [1.54, 1.807) is 0 Å². The van der Waals surface area contributed by atoms with Gasteiger partial charge in [0.05, 0.1) is 12.0 Å². The van der Waals surface area contributed by atoms with Gasteiger partial charge in [0, 0.05) is 0 Å². The monoisotopic (exact) mass is 194 g/mol. The first-order valence-electron chi connectivity index (χ1n) is 5.66. The van der Waals surface area contributed by atoms with Crippen LogP contribution < -0.4 is 0 Å². The molecule has 0 aliphatic heterocycles. The van der Waals surface area contributed by atoms with Gasteiger partial charge in [-0.05, 0) is 39.0 Å². The van der Waals surface area contributed by atoms with Crippen LogP contribution in [0.3, 0.4) is 0 Å². The van der Waals surface area contributed by atoms with Crippen LogP contribution in [0.15, 0.2) is 11.6 Å². The molecule has 1 unspecified atom stereocenters. The zero-order chi connectivity index (χ0) is 10.0. The fourth-order valence-corrected chi connectivity index (χ4v) is 2.82. The third kappa shape index (κ3) is 1.37. The first-order chi connectivity index (χ1) is 6.79. The van der Waals surface area contributed by atoms with Crippen LogP contribution >= 0.6 is 0 Å². The molecule has 0 saturated heterocycles. The molecule has 2 heteroatoms. The second kappa shape index (κ2) is 3.76. The molecular formula is C12H18O2. The normalized spacial score (nSPS) is 30.8. The summed E-state index contributed by atoms with van der Waals surface area (Å²) >= 11 is 0. The van der Waals surface area contributed by atoms with Crippen LogP contribution in [0.2, 0.25) is 0 Å². The van der Waals surface area contributed by atoms with E-state index in [9.17, 15) is 4.79 Å². The van der Waals surface area contributed by atoms with Gasteiger partial charge in [-0.3, -0.25) is 4.79 Å². The molecule has 1 saturated carbocycles. The molecule has 0 amide bonds. The van der Waals surface area contributed by atoms with Gasteiger partial charge in [-0.25, -0.2) is 0 Å². The van der Waals surface area contributed by atoms with Crippen LogP contribution in [-0.2, 0) is 9.53 Å². The van der Waals surface area contributed by atoms with E-state index >= 15 is 0 Å². The summed E-state index contributed by atoms with van der Waals surface area (Å²) in [5, 5.41) is 0. The SMILES string of the molecule is CCOC(=O)C12CCC=C1CCCC2. The Morgan fingerprint density at radius 3 is 3.14 bits per heavy atom. The van der Waals surface area contributed by atoms with Crippen LogP contribution in [-0.4, -0.2) is 12.6 Å². The zero-order valence-corrected chi connectivity index (χ0v) is 8.84. The third-order valence-electron chi connectivity index (χ3n) is 3.54. The number of fused-ring (bicyclic) bond motifs is 1. The highest BCUT2D eigenvalue weighted by atomic mass is 16.5. The molecule has 0 radical (unpaired) electrons. The van der Waals surface area contributed by atoms with E-state index in [-0.39, 0.29) is 11.4 Å². The molecule has 1 atom stereocenters. The van der Waals surface area contributed by atoms with Gasteiger partial charge in [0.1, 0.15) is 0 Å². The lowest BCUT2D eigenvalue weighted by Crippen LogP contribution is -2.34. The molecule has 1 fully saturated rings. The van der Waals surface area contributed by atoms with Crippen molar-refractivity contribution in [2.75, 3.05) is 6.61 Å². The Kier molecular flexibility index (Phi) is 2.62. The van der Waals surface area contributed by atoms with Crippen molar-refractivity contribution in [1.29, 1.82) is 0 Å². The standard InChI is InChI=1S/C12H18O2/c1-2-14-11(13)12-8-4-3-6-10(12)7-5-9-12/h7H,2-6,8-9H2,1H3. The topological polar surface area (TPSA) is 26.3 Å². The lowest BCUT2D eigenvalue weighted by Gasteiger charge is -2.33. The summed E-state index contributed by atoms with van der Waals surface area (Å²) in [7, 11) is 0. The number of rotatable bonds is 2. The number of hydrogen-bond acceptors (Lipinski definition) is 2. The molecule has 2 nitrogen and oxygen atoms in total. The molecule has 0 aromatic rings. The highest BCUT2D eigenvalue weighted by Crippen LogP contribution is 2.49. The molecule has 2 aliphatic carbocycles. The van der Waals surface area contributed by atoms with E-state index in [1.807, 2.05) is 6.92 Å². The van der Waals surface area contributed by atoms with Gasteiger partial charge in [-0.2, -0.15) is 0 Å². The van der Waals surface area contributed by atoms with E-state index in [0.717, 1.165) is 25.7 Å². The molecule has 0 aromatic heterocycles. The Morgan fingerprint density at radius 2 is 2.36 bits per heavy atom. The maximum absolute atomic E-state index is 11.9. The van der Waals surface area contributed by atoms with Crippen molar-refractivity contribution >= 4 is 5.97 Å². The van der Waals surface area contributed by atoms with E-state index in [4.69, 9.17) is 4.74 Å². The van der Waals surface area contributed by atoms with Crippen molar-refractivity contribution in [1.82, 2.24) is 0 Å². The van der Waals surface area contributed by atoms with Crippen molar-refractivity contribution in [2.24, 2.45) is 5.41 Å². The first-order valence-corrected chi connectivity index (χ1v) is 5.66. The summed E-state index contributed by atoms with van der Waals surface area (Å²) in [6, 6.07) is 0. The second-order valence-corrected chi connectivity index (χ2v) is 4.28. The number of allylic oxidation sites excluding steroid dienone is 1. The van der Waals surface area contributed by atoms with Gasteiger partial charge in [0.15, 0.2) is 0 Å². The fraction of sp³-hybridized carbons (Fsp3) is 0.750. The molecule has 2 rings (SSSR count). The lowest BCUT2D eigenvalue weighted by molar-refractivity contribution is -0.154. The predicted octanol–water partition coefficient (Wildman–Crippen LogP) is 2.83. The fourth-order valence-electron chi connectivity index (χ4n) is 2.82. The quantitative estimate of drug-likeness (QED) is 0.499. The summed E-state index contributed by atoms with van der Waals surface area (Å²) in [4.78, 5) is 11.9. The van der Waals surface area contributed by atoms with Gasteiger partial charge in [0.2, 0.25) is 0 Å². The van der Waals surface area contributed by atoms with Crippen molar-refractivity contribution in [3.63, 3.8) is 0 Å². The molecule has 0 heterocycles. The second-order valence-electron chi connectivity index (χ2n) is 4.28. The van der Waals surface area contributed by atoms with E-state index in [0.29, 0.717) is 6.61 Å². The zero-order valence-electron chi connectivity index (χ0n) is 8.84. The van der Waals surface area contributed by atoms with Gasteiger partial charge < -0.3 is 4.74 Å². The summed E-state index contributed by atoms with van der Waals surface area (Å²) in [5.41, 5.74) is 1.16. The Labute approximate surface area is 85.3 Å². The van der Waals surface area contributed by atoms with Crippen LogP contribution in [0.4, 0.5) is 0 Å². The molecule has 14 heavy (non-hydrogen) atoms. The first kappa shape index (κ1) is 9.75. The minimum Gasteiger partial charge on any atom is -0.465 e. The Morgan fingerprint density at radius 1 is 1.50 bits per heavy atom. The van der Waals surface area contributed by atoms with Crippen molar-refractivity contribution in [3.8, 4) is 0 Å². The number of ether oxygens (including phenoxy) is 1. The number of carbonyl (C=O) groups is 1. The van der Waals surface area contributed by atoms with Gasteiger partial charge in [-0.15, -0.1) is 0 Å². The molecule has 78 valence electrons. The average molecular weight is 194 g/mol. The Bertz CT molecular complexity index is 267. The summed E-state index contributed by atoms with van der Waals surface area (Å²) < 4.78 is 5.21. The Balaban J connectivity index is 2.19. The maximum atomic E-state index is 11.9. The minimum absolute atomic E-state index is 0.0310. The lowest BCUT2D eigenvalue weighted by atomic mass is 9.71. The van der Waals surface area contributed by atoms with Gasteiger partial charge in [-0.1, -0.05) is 18.1 Å². The number of carbonyl (C=O) groups excluding carboxylic acids is 1. The number of esters is 1. The molecule has 0 spiro atoms. The third-order valence-corrected chi connectivity index (χ3v) is 3.54. The molecule has 0 bridgehead atoms. The molecular weight excluding hydrogens is 176 g/mol. The largest absolute Gasteiger partial charge is 0.465 e. The summed E-state index contributed by atoms with van der Waals surface area (Å²) in [6.07, 6.45) is 8.85. The molecule has 2 aliphatic rings. The predicted molar refractivity (Wildman–Crippen MR) is 54.9 cm³/mol. The maximum Gasteiger partial charge on any atom is 0.316 e. The van der Waals surface area contributed by atoms with Gasteiger partial charge >= 0.3 is 5.97 Å². The summed E-state index contributed by atoms with van der Waals surface area (Å²) in [6.45, 7) is 2.39. The Hall–Kier alpha value is -0.790. The van der Waals surface area contributed by atoms with Crippen LogP contribution in [0, 0.1) is 5.41 Å². The van der Waals surface area contributed by atoms with Crippen molar-refractivity contribution in [2.45, 2.75) is 45.4 Å². The molecule has 0 N–H and O–H groups in total.